The van der Waals surface area contributed by atoms with E-state index in [-0.39, 0.29) is 5.54 Å². The Morgan fingerprint density at radius 3 is 2.82 bits per heavy atom. The molecule has 1 aliphatic heterocycles. The summed E-state index contributed by atoms with van der Waals surface area (Å²) in [7, 11) is 2.11. The van der Waals surface area contributed by atoms with Gasteiger partial charge in [-0.1, -0.05) is 12.1 Å². The van der Waals surface area contributed by atoms with E-state index in [2.05, 4.69) is 30.1 Å². The van der Waals surface area contributed by atoms with Gasteiger partial charge in [-0.05, 0) is 44.0 Å². The molecule has 3 nitrogen and oxygen atoms in total. The van der Waals surface area contributed by atoms with Crippen molar-refractivity contribution in [3.8, 4) is 5.75 Å². The summed E-state index contributed by atoms with van der Waals surface area (Å²) in [5, 5.41) is 0. The molecule has 3 heteroatoms. The van der Waals surface area contributed by atoms with Crippen molar-refractivity contribution in [2.24, 2.45) is 5.73 Å². The van der Waals surface area contributed by atoms with Crippen LogP contribution in [0.25, 0.3) is 0 Å². The molecule has 2 aliphatic rings. The summed E-state index contributed by atoms with van der Waals surface area (Å²) in [4.78, 5) is 2.26. The van der Waals surface area contributed by atoms with Crippen molar-refractivity contribution in [2.75, 3.05) is 20.1 Å². The zero-order chi connectivity index (χ0) is 11.9. The van der Waals surface area contributed by atoms with Gasteiger partial charge in [-0.3, -0.25) is 4.90 Å². The molecule has 0 bridgehead atoms. The van der Waals surface area contributed by atoms with Crippen molar-refractivity contribution < 1.29 is 4.74 Å². The van der Waals surface area contributed by atoms with Gasteiger partial charge >= 0.3 is 0 Å². The van der Waals surface area contributed by atoms with Crippen LogP contribution in [0.1, 0.15) is 18.4 Å². The third kappa shape index (κ3) is 2.61. The highest BCUT2D eigenvalue weighted by Gasteiger charge is 2.38. The number of ether oxygens (including phenoxy) is 1. The van der Waals surface area contributed by atoms with Gasteiger partial charge in [-0.2, -0.15) is 0 Å². The maximum Gasteiger partial charge on any atom is 0.124 e. The highest BCUT2D eigenvalue weighted by atomic mass is 16.5. The summed E-state index contributed by atoms with van der Waals surface area (Å²) in [5.74, 6) is 0.991. The Kier molecular flexibility index (Phi) is 2.60. The highest BCUT2D eigenvalue weighted by Crippen LogP contribution is 2.36. The van der Waals surface area contributed by atoms with E-state index in [0.29, 0.717) is 6.10 Å². The number of hydrogen-bond acceptors (Lipinski definition) is 3. The smallest absolute Gasteiger partial charge is 0.124 e. The molecular formula is C14H20N2O. The lowest BCUT2D eigenvalue weighted by Gasteiger charge is -2.36. The van der Waals surface area contributed by atoms with E-state index in [1.807, 2.05) is 6.07 Å². The lowest BCUT2D eigenvalue weighted by atomic mass is 10.0. The minimum Gasteiger partial charge on any atom is -0.488 e. The molecule has 1 saturated heterocycles. The Balaban J connectivity index is 1.62. The molecule has 0 aromatic heterocycles. The van der Waals surface area contributed by atoms with Crippen LogP contribution in [0.3, 0.4) is 0 Å². The van der Waals surface area contributed by atoms with Gasteiger partial charge in [0, 0.05) is 18.6 Å². The highest BCUT2D eigenvalue weighted by molar-refractivity contribution is 5.31. The maximum atomic E-state index is 6.14. The molecule has 0 atom stereocenters. The summed E-state index contributed by atoms with van der Waals surface area (Å²) in [6.07, 6.45) is 3.66. The molecular weight excluding hydrogens is 212 g/mol. The molecule has 17 heavy (non-hydrogen) atoms. The van der Waals surface area contributed by atoms with E-state index in [1.165, 1.54) is 5.56 Å². The van der Waals surface area contributed by atoms with Crippen molar-refractivity contribution in [1.29, 1.82) is 0 Å². The van der Waals surface area contributed by atoms with Crippen molar-refractivity contribution in [1.82, 2.24) is 4.90 Å². The molecule has 1 saturated carbocycles. The first-order valence-electron chi connectivity index (χ1n) is 6.36. The molecule has 1 aliphatic carbocycles. The maximum absolute atomic E-state index is 6.14. The molecule has 0 amide bonds. The number of hydrogen-bond donors (Lipinski definition) is 1. The molecule has 2 fully saturated rings. The van der Waals surface area contributed by atoms with Crippen LogP contribution in [0.5, 0.6) is 5.75 Å². The number of nitrogens with two attached hydrogens (primary N) is 1. The van der Waals surface area contributed by atoms with Crippen LogP contribution in [0.15, 0.2) is 24.3 Å². The minimum absolute atomic E-state index is 0.0787. The summed E-state index contributed by atoms with van der Waals surface area (Å²) < 4.78 is 5.91. The molecule has 0 unspecified atom stereocenters. The van der Waals surface area contributed by atoms with E-state index < -0.39 is 0 Å². The van der Waals surface area contributed by atoms with Crippen LogP contribution >= 0.6 is 0 Å². The molecule has 1 aromatic carbocycles. The zero-order valence-electron chi connectivity index (χ0n) is 10.4. The van der Waals surface area contributed by atoms with Gasteiger partial charge in [0.15, 0.2) is 0 Å². The molecule has 92 valence electrons. The zero-order valence-corrected chi connectivity index (χ0v) is 10.4. The van der Waals surface area contributed by atoms with E-state index in [4.69, 9.17) is 10.5 Å². The quantitative estimate of drug-likeness (QED) is 0.853. The van der Waals surface area contributed by atoms with Gasteiger partial charge in [0.1, 0.15) is 11.9 Å². The van der Waals surface area contributed by atoms with Crippen molar-refractivity contribution >= 4 is 0 Å². The second kappa shape index (κ2) is 4.00. The van der Waals surface area contributed by atoms with Gasteiger partial charge in [0.05, 0.1) is 0 Å². The fraction of sp³-hybridized carbons (Fsp3) is 0.571. The predicted molar refractivity (Wildman–Crippen MR) is 68.2 cm³/mol. The lowest BCUT2D eigenvalue weighted by Crippen LogP contribution is -2.51. The first-order chi connectivity index (χ1) is 8.13. The van der Waals surface area contributed by atoms with E-state index in [1.54, 1.807) is 0 Å². The third-order valence-electron chi connectivity index (χ3n) is 3.68. The number of rotatable bonds is 4. The van der Waals surface area contributed by atoms with Crippen LogP contribution in [0, 0.1) is 0 Å². The molecule has 1 aromatic rings. The first-order valence-corrected chi connectivity index (χ1v) is 6.36. The van der Waals surface area contributed by atoms with Crippen LogP contribution < -0.4 is 10.5 Å². The number of benzene rings is 1. The van der Waals surface area contributed by atoms with Crippen LogP contribution in [0.4, 0.5) is 0 Å². The number of likely N-dealkylation sites (N-methyl/N-ethyl adjacent to an activating group) is 1. The Hall–Kier alpha value is -1.06. The summed E-state index contributed by atoms with van der Waals surface area (Å²) >= 11 is 0. The predicted octanol–water partition coefficient (Wildman–Crippen LogP) is 1.41. The van der Waals surface area contributed by atoms with E-state index >= 15 is 0 Å². The summed E-state index contributed by atoms with van der Waals surface area (Å²) in [6, 6.07) is 8.40. The van der Waals surface area contributed by atoms with Crippen LogP contribution in [-0.4, -0.2) is 36.7 Å². The molecule has 0 radical (unpaired) electrons. The fourth-order valence-corrected chi connectivity index (χ4v) is 2.38. The van der Waals surface area contributed by atoms with E-state index in [0.717, 1.165) is 38.1 Å². The Bertz CT molecular complexity index is 408. The Morgan fingerprint density at radius 2 is 2.18 bits per heavy atom. The lowest BCUT2D eigenvalue weighted by molar-refractivity contribution is 0.0388. The minimum atomic E-state index is 0.0787. The van der Waals surface area contributed by atoms with Gasteiger partial charge < -0.3 is 10.5 Å². The van der Waals surface area contributed by atoms with Crippen LogP contribution in [-0.2, 0) is 6.42 Å². The normalized spacial score (nSPS) is 23.2. The Morgan fingerprint density at radius 1 is 1.41 bits per heavy atom. The second-order valence-corrected chi connectivity index (χ2v) is 5.65. The average Bonchev–Trinajstić information content (AvgIpc) is 2.94. The average molecular weight is 232 g/mol. The van der Waals surface area contributed by atoms with Gasteiger partial charge in [-0.15, -0.1) is 0 Å². The molecule has 0 spiro atoms. The van der Waals surface area contributed by atoms with Gasteiger partial charge in [0.25, 0.3) is 0 Å². The van der Waals surface area contributed by atoms with Crippen molar-refractivity contribution in [2.45, 2.75) is 30.9 Å². The van der Waals surface area contributed by atoms with Crippen molar-refractivity contribution in [3.05, 3.63) is 29.8 Å². The Labute approximate surface area is 103 Å². The van der Waals surface area contributed by atoms with E-state index in [9.17, 15) is 0 Å². The molecule has 3 rings (SSSR count). The van der Waals surface area contributed by atoms with Crippen molar-refractivity contribution in [3.63, 3.8) is 0 Å². The summed E-state index contributed by atoms with van der Waals surface area (Å²) in [6.45, 7) is 2.07. The summed E-state index contributed by atoms with van der Waals surface area (Å²) in [5.41, 5.74) is 7.52. The number of nitrogens with zero attached hydrogens (tertiary/aromatic N) is 1. The van der Waals surface area contributed by atoms with Gasteiger partial charge in [-0.25, -0.2) is 0 Å². The third-order valence-corrected chi connectivity index (χ3v) is 3.68. The largest absolute Gasteiger partial charge is 0.488 e. The standard InChI is InChI=1S/C14H20N2O/c1-16-9-13(10-16)17-12-4-2-3-11(7-12)8-14(15)5-6-14/h2-4,7,13H,5-6,8-10,15H2,1H3. The monoisotopic (exact) mass is 232 g/mol. The first kappa shape index (κ1) is 11.1. The second-order valence-electron chi connectivity index (χ2n) is 5.65. The number of likely N-dealkylation sites (tertiary alicyclic amines) is 1. The van der Waals surface area contributed by atoms with Gasteiger partial charge in [0.2, 0.25) is 0 Å². The SMILES string of the molecule is CN1CC(Oc2cccc(CC3(N)CC3)c2)C1. The molecule has 2 N–H and O–H groups in total. The molecule has 1 heterocycles. The van der Waals surface area contributed by atoms with Crippen LogP contribution in [0.2, 0.25) is 0 Å². The fourth-order valence-electron chi connectivity index (χ4n) is 2.38. The topological polar surface area (TPSA) is 38.5 Å².